The third-order valence-corrected chi connectivity index (χ3v) is 3.79. The fraction of sp³-hybridized carbons (Fsp3) is 1.00. The molecule has 0 amide bonds. The minimum absolute atomic E-state index is 1.04. The Kier molecular flexibility index (Phi) is 1.31. The number of rotatable bonds is 1. The maximum absolute atomic E-state index is 2.43. The Morgan fingerprint density at radius 3 is 2.50 bits per heavy atom. The van der Waals surface area contributed by atoms with Gasteiger partial charge in [-0.2, -0.15) is 0 Å². The summed E-state index contributed by atoms with van der Waals surface area (Å²) in [5.74, 6) is 1.09. The molecule has 1 heteroatoms. The van der Waals surface area contributed by atoms with Crippen LogP contribution in [-0.4, -0.2) is 30.7 Å². The monoisotopic (exact) mass is 140 g/mol. The fourth-order valence-corrected chi connectivity index (χ4v) is 2.91. The van der Waals surface area contributed by atoms with Crippen LogP contribution in [0.2, 0.25) is 0 Å². The third kappa shape index (κ3) is 0.731. The van der Waals surface area contributed by atoms with Gasteiger partial charge in [-0.05, 0) is 19.8 Å². The van der Waals surface area contributed by atoms with Crippen molar-refractivity contribution in [2.24, 2.45) is 5.92 Å². The molecule has 1 saturated carbocycles. The first kappa shape index (κ1) is 6.66. The van der Waals surface area contributed by atoms with E-state index in [4.69, 9.17) is 0 Å². The zero-order chi connectivity index (χ0) is 7.19. The average molecular weight is 140 g/mol. The highest BCUT2D eigenvalue weighted by atomic mass is 15.4. The van der Waals surface area contributed by atoms with Crippen LogP contribution in [-0.2, 0) is 0 Å². The van der Waals surface area contributed by atoms with E-state index in [-0.39, 0.29) is 0 Å². The van der Waals surface area contributed by atoms with E-state index in [2.05, 4.69) is 14.0 Å². The van der Waals surface area contributed by atoms with Crippen LogP contribution in [0.1, 0.15) is 26.2 Å². The molecular formula is C9H18N+. The van der Waals surface area contributed by atoms with E-state index in [1.54, 1.807) is 0 Å². The summed E-state index contributed by atoms with van der Waals surface area (Å²) in [6.07, 6.45) is 4.57. The van der Waals surface area contributed by atoms with Gasteiger partial charge in [-0.3, -0.25) is 0 Å². The lowest BCUT2D eigenvalue weighted by molar-refractivity contribution is -0.924. The number of fused-ring (bicyclic) bond motifs is 2. The molecule has 0 aromatic carbocycles. The Labute approximate surface area is 63.6 Å². The number of hydrogen-bond acceptors (Lipinski definition) is 0. The molecule has 0 aromatic heterocycles. The van der Waals surface area contributed by atoms with Crippen LogP contribution in [0.3, 0.4) is 0 Å². The second-order valence-corrected chi connectivity index (χ2v) is 4.31. The molecule has 1 heterocycles. The van der Waals surface area contributed by atoms with Crippen molar-refractivity contribution in [3.63, 3.8) is 0 Å². The molecule has 2 aliphatic rings. The quantitative estimate of drug-likeness (QED) is 0.486. The summed E-state index contributed by atoms with van der Waals surface area (Å²) >= 11 is 0. The van der Waals surface area contributed by atoms with E-state index in [0.717, 1.165) is 12.0 Å². The molecule has 0 spiro atoms. The van der Waals surface area contributed by atoms with E-state index in [0.29, 0.717) is 0 Å². The maximum Gasteiger partial charge on any atom is 0.0893 e. The van der Waals surface area contributed by atoms with Crippen LogP contribution < -0.4 is 0 Å². The van der Waals surface area contributed by atoms with Crippen LogP contribution in [0.25, 0.3) is 0 Å². The highest BCUT2D eigenvalue weighted by Crippen LogP contribution is 2.41. The molecule has 0 aromatic rings. The van der Waals surface area contributed by atoms with Gasteiger partial charge in [-0.15, -0.1) is 0 Å². The molecule has 1 aliphatic carbocycles. The molecule has 0 N–H and O–H groups in total. The van der Waals surface area contributed by atoms with E-state index in [1.165, 1.54) is 36.8 Å². The van der Waals surface area contributed by atoms with E-state index in [1.807, 2.05) is 0 Å². The van der Waals surface area contributed by atoms with Gasteiger partial charge in [0, 0.05) is 12.3 Å². The van der Waals surface area contributed by atoms with Gasteiger partial charge in [-0.25, -0.2) is 0 Å². The van der Waals surface area contributed by atoms with Crippen molar-refractivity contribution in [3.05, 3.63) is 0 Å². The molecule has 1 nitrogen and oxygen atoms in total. The van der Waals surface area contributed by atoms with Crippen molar-refractivity contribution >= 4 is 0 Å². The molecular weight excluding hydrogens is 122 g/mol. The van der Waals surface area contributed by atoms with Crippen molar-refractivity contribution in [3.8, 4) is 0 Å². The van der Waals surface area contributed by atoms with Crippen molar-refractivity contribution in [1.82, 2.24) is 0 Å². The van der Waals surface area contributed by atoms with Gasteiger partial charge >= 0.3 is 0 Å². The van der Waals surface area contributed by atoms with Crippen LogP contribution in [0.15, 0.2) is 0 Å². The van der Waals surface area contributed by atoms with Gasteiger partial charge in [0.15, 0.2) is 0 Å². The van der Waals surface area contributed by atoms with Gasteiger partial charge in [0.25, 0.3) is 0 Å². The Hall–Kier alpha value is -0.0400. The molecule has 2 bridgehead atoms. The summed E-state index contributed by atoms with van der Waals surface area (Å²) in [5.41, 5.74) is 0. The van der Waals surface area contributed by atoms with E-state index >= 15 is 0 Å². The van der Waals surface area contributed by atoms with Crippen molar-refractivity contribution in [1.29, 1.82) is 0 Å². The van der Waals surface area contributed by atoms with Gasteiger partial charge in [0.1, 0.15) is 0 Å². The standard InChI is InChI=1S/C9H18N/c1-3-10(2)7-8-4-5-9(10)6-8/h8-9H,3-7H2,1-2H3/q+1/t8?,9?,10-/m1/s1. The second kappa shape index (κ2) is 1.97. The summed E-state index contributed by atoms with van der Waals surface area (Å²) in [7, 11) is 2.43. The molecule has 0 radical (unpaired) electrons. The number of nitrogens with zero attached hydrogens (tertiary/aromatic N) is 1. The molecule has 2 unspecified atom stereocenters. The number of hydrogen-bond donors (Lipinski definition) is 0. The lowest BCUT2D eigenvalue weighted by Crippen LogP contribution is -2.49. The lowest BCUT2D eigenvalue weighted by atomic mass is 10.1. The SMILES string of the molecule is CC[N@+]1(C)CC2CCC1C2. The second-order valence-electron chi connectivity index (χ2n) is 4.31. The van der Waals surface area contributed by atoms with E-state index < -0.39 is 0 Å². The van der Waals surface area contributed by atoms with Gasteiger partial charge in [0.2, 0.25) is 0 Å². The highest BCUT2D eigenvalue weighted by molar-refractivity contribution is 4.82. The zero-order valence-corrected chi connectivity index (χ0v) is 7.14. The molecule has 2 rings (SSSR count). The van der Waals surface area contributed by atoms with Crippen molar-refractivity contribution < 1.29 is 4.48 Å². The average Bonchev–Trinajstić information content (AvgIpc) is 2.46. The van der Waals surface area contributed by atoms with E-state index in [9.17, 15) is 0 Å². The van der Waals surface area contributed by atoms with Crippen molar-refractivity contribution in [2.75, 3.05) is 20.1 Å². The number of piperidine rings is 1. The normalized spacial score (nSPS) is 52.2. The first-order valence-corrected chi connectivity index (χ1v) is 4.59. The zero-order valence-electron chi connectivity index (χ0n) is 7.14. The molecule has 2 fully saturated rings. The summed E-state index contributed by atoms with van der Waals surface area (Å²) in [6.45, 7) is 5.16. The number of quaternary nitrogens is 1. The fourth-order valence-electron chi connectivity index (χ4n) is 2.91. The summed E-state index contributed by atoms with van der Waals surface area (Å²) in [6, 6.07) is 1.04. The summed E-state index contributed by atoms with van der Waals surface area (Å²) in [4.78, 5) is 0. The first-order chi connectivity index (χ1) is 4.74. The maximum atomic E-state index is 2.43. The third-order valence-electron chi connectivity index (χ3n) is 3.79. The molecule has 10 heavy (non-hydrogen) atoms. The summed E-state index contributed by atoms with van der Waals surface area (Å²) < 4.78 is 1.38. The van der Waals surface area contributed by atoms with Crippen molar-refractivity contribution in [2.45, 2.75) is 32.2 Å². The minimum Gasteiger partial charge on any atom is -0.324 e. The van der Waals surface area contributed by atoms with Gasteiger partial charge in [-0.1, -0.05) is 0 Å². The highest BCUT2D eigenvalue weighted by Gasteiger charge is 2.47. The Morgan fingerprint density at radius 1 is 1.40 bits per heavy atom. The molecule has 3 atom stereocenters. The van der Waals surface area contributed by atoms with Gasteiger partial charge in [0.05, 0.1) is 26.2 Å². The van der Waals surface area contributed by atoms with Crippen LogP contribution in [0, 0.1) is 5.92 Å². The Balaban J connectivity index is 2.14. The summed E-state index contributed by atoms with van der Waals surface area (Å²) in [5, 5.41) is 0. The minimum atomic E-state index is 1.04. The number of likely N-dealkylation sites (tertiary alicyclic amines) is 1. The topological polar surface area (TPSA) is 0 Å². The molecule has 58 valence electrons. The lowest BCUT2D eigenvalue weighted by Gasteiger charge is -2.37. The molecule has 1 aliphatic heterocycles. The largest absolute Gasteiger partial charge is 0.324 e. The molecule has 1 saturated heterocycles. The van der Waals surface area contributed by atoms with Crippen LogP contribution in [0.5, 0.6) is 0 Å². The Morgan fingerprint density at radius 2 is 2.20 bits per heavy atom. The smallest absolute Gasteiger partial charge is 0.0893 e. The first-order valence-electron chi connectivity index (χ1n) is 4.59. The predicted octanol–water partition coefficient (Wildman–Crippen LogP) is 1.64. The van der Waals surface area contributed by atoms with Crippen LogP contribution in [0.4, 0.5) is 0 Å². The predicted molar refractivity (Wildman–Crippen MR) is 42.7 cm³/mol. The van der Waals surface area contributed by atoms with Gasteiger partial charge < -0.3 is 4.48 Å². The van der Waals surface area contributed by atoms with Crippen LogP contribution >= 0.6 is 0 Å². The Bertz CT molecular complexity index is 144.